The predicted molar refractivity (Wildman–Crippen MR) is 112 cm³/mol. The Kier molecular flexibility index (Phi) is 6.32. The van der Waals surface area contributed by atoms with Crippen LogP contribution in [0, 0.1) is 13.8 Å². The largest absolute Gasteiger partial charge is 0.474 e. The first kappa shape index (κ1) is 20.8. The molecule has 0 N–H and O–H groups in total. The summed E-state index contributed by atoms with van der Waals surface area (Å²) in [5.74, 6) is 1.65. The van der Waals surface area contributed by atoms with Gasteiger partial charge in [-0.15, -0.1) is 0 Å². The Morgan fingerprint density at radius 2 is 1.97 bits per heavy atom. The minimum absolute atomic E-state index is 0.0654. The number of ether oxygens (including phenoxy) is 2. The zero-order valence-electron chi connectivity index (χ0n) is 18.2. The summed E-state index contributed by atoms with van der Waals surface area (Å²) >= 11 is 0. The summed E-state index contributed by atoms with van der Waals surface area (Å²) in [5.41, 5.74) is 4.10. The lowest BCUT2D eigenvalue weighted by molar-refractivity contribution is -0.133. The second-order valence-electron chi connectivity index (χ2n) is 8.12. The highest BCUT2D eigenvalue weighted by Gasteiger charge is 2.27. The number of piperidine rings is 1. The van der Waals surface area contributed by atoms with Gasteiger partial charge in [0.25, 0.3) is 0 Å². The lowest BCUT2D eigenvalue weighted by Gasteiger charge is -2.32. The molecule has 1 amide bonds. The highest BCUT2D eigenvalue weighted by atomic mass is 16.5. The number of hydrogen-bond acceptors (Lipinski definition) is 6. The fourth-order valence-corrected chi connectivity index (χ4v) is 4.16. The maximum absolute atomic E-state index is 12.7. The standard InChI is InChI=1S/C22H31N5O3/c1-4-20-23-19-8-12-29-11-7-18(19)22(24-20)30-17-5-9-26(10-6-17)21(28)14-27-16(3)13-15(2)25-27/h13,17H,4-12,14H2,1-3H3. The minimum Gasteiger partial charge on any atom is -0.474 e. The zero-order valence-corrected chi connectivity index (χ0v) is 18.2. The van der Waals surface area contributed by atoms with Crippen LogP contribution in [0.5, 0.6) is 5.88 Å². The summed E-state index contributed by atoms with van der Waals surface area (Å²) < 4.78 is 13.8. The van der Waals surface area contributed by atoms with Crippen molar-refractivity contribution in [2.75, 3.05) is 26.3 Å². The van der Waals surface area contributed by atoms with Crippen LogP contribution in [0.4, 0.5) is 0 Å². The van der Waals surface area contributed by atoms with Crippen LogP contribution < -0.4 is 4.74 Å². The molecule has 2 aromatic heterocycles. The molecule has 2 aliphatic heterocycles. The number of carbonyl (C=O) groups is 1. The van der Waals surface area contributed by atoms with Gasteiger partial charge >= 0.3 is 0 Å². The van der Waals surface area contributed by atoms with Crippen LogP contribution in [0.2, 0.25) is 0 Å². The number of carbonyl (C=O) groups excluding carboxylic acids is 1. The number of likely N-dealkylation sites (tertiary alicyclic amines) is 1. The van der Waals surface area contributed by atoms with Gasteiger partial charge in [0.15, 0.2) is 0 Å². The van der Waals surface area contributed by atoms with Gasteiger partial charge in [-0.25, -0.2) is 4.98 Å². The quantitative estimate of drug-likeness (QED) is 0.746. The molecular weight excluding hydrogens is 382 g/mol. The zero-order chi connectivity index (χ0) is 21.1. The number of hydrogen-bond donors (Lipinski definition) is 0. The summed E-state index contributed by atoms with van der Waals surface area (Å²) in [7, 11) is 0. The van der Waals surface area contributed by atoms with Crippen molar-refractivity contribution in [3.05, 3.63) is 34.5 Å². The van der Waals surface area contributed by atoms with Crippen molar-refractivity contribution in [2.45, 2.75) is 65.5 Å². The average molecular weight is 414 g/mol. The van der Waals surface area contributed by atoms with E-state index in [1.807, 2.05) is 24.8 Å². The molecule has 2 aromatic rings. The smallest absolute Gasteiger partial charge is 0.244 e. The van der Waals surface area contributed by atoms with E-state index in [1.165, 1.54) is 0 Å². The van der Waals surface area contributed by atoms with E-state index >= 15 is 0 Å². The molecule has 30 heavy (non-hydrogen) atoms. The number of nitrogens with zero attached hydrogens (tertiary/aromatic N) is 5. The number of fused-ring (bicyclic) bond motifs is 1. The Morgan fingerprint density at radius 1 is 1.20 bits per heavy atom. The molecule has 4 heterocycles. The van der Waals surface area contributed by atoms with Gasteiger partial charge in [0.05, 0.1) is 24.6 Å². The molecule has 4 rings (SSSR count). The van der Waals surface area contributed by atoms with Crippen LogP contribution in [0.1, 0.15) is 48.2 Å². The first-order valence-electron chi connectivity index (χ1n) is 11.0. The van der Waals surface area contributed by atoms with Gasteiger partial charge in [-0.1, -0.05) is 6.92 Å². The molecule has 0 aromatic carbocycles. The summed E-state index contributed by atoms with van der Waals surface area (Å²) in [5, 5.41) is 4.40. The van der Waals surface area contributed by atoms with Crippen molar-refractivity contribution in [3.63, 3.8) is 0 Å². The highest BCUT2D eigenvalue weighted by Crippen LogP contribution is 2.26. The van der Waals surface area contributed by atoms with Gasteiger partial charge < -0.3 is 14.4 Å². The Balaban J connectivity index is 1.38. The lowest BCUT2D eigenvalue weighted by atomic mass is 10.1. The summed E-state index contributed by atoms with van der Waals surface area (Å²) in [6.07, 6.45) is 4.05. The van der Waals surface area contributed by atoms with Crippen LogP contribution in [0.15, 0.2) is 6.07 Å². The van der Waals surface area contributed by atoms with Crippen molar-refractivity contribution in [1.29, 1.82) is 0 Å². The van der Waals surface area contributed by atoms with Crippen molar-refractivity contribution in [3.8, 4) is 5.88 Å². The summed E-state index contributed by atoms with van der Waals surface area (Å²) in [4.78, 5) is 24.0. The normalized spacial score (nSPS) is 17.5. The van der Waals surface area contributed by atoms with Crippen LogP contribution in [0.3, 0.4) is 0 Å². The summed E-state index contributed by atoms with van der Waals surface area (Å²) in [6, 6.07) is 1.99. The van der Waals surface area contributed by atoms with Crippen molar-refractivity contribution < 1.29 is 14.3 Å². The number of aromatic nitrogens is 4. The summed E-state index contributed by atoms with van der Waals surface area (Å²) in [6.45, 7) is 9.05. The maximum Gasteiger partial charge on any atom is 0.244 e. The van der Waals surface area contributed by atoms with Gasteiger partial charge in [-0.05, 0) is 19.9 Å². The van der Waals surface area contributed by atoms with E-state index in [2.05, 4.69) is 17.0 Å². The SMILES string of the molecule is CCc1nc2c(c(OC3CCN(C(=O)Cn4nc(C)cc4C)CC3)n1)CCOCC2. The second-order valence-corrected chi connectivity index (χ2v) is 8.12. The fraction of sp³-hybridized carbons (Fsp3) is 0.636. The van der Waals surface area contributed by atoms with E-state index < -0.39 is 0 Å². The Bertz CT molecular complexity index is 902. The van der Waals surface area contributed by atoms with E-state index in [-0.39, 0.29) is 12.0 Å². The molecule has 0 saturated carbocycles. The molecule has 0 bridgehead atoms. The molecule has 0 unspecified atom stereocenters. The molecule has 1 saturated heterocycles. The minimum atomic E-state index is 0.0654. The third kappa shape index (κ3) is 4.64. The molecule has 8 nitrogen and oxygen atoms in total. The monoisotopic (exact) mass is 413 g/mol. The second kappa shape index (κ2) is 9.12. The van der Waals surface area contributed by atoms with E-state index in [1.54, 1.807) is 4.68 Å². The Morgan fingerprint density at radius 3 is 2.67 bits per heavy atom. The van der Waals surface area contributed by atoms with Gasteiger partial charge in [-0.3, -0.25) is 9.48 Å². The van der Waals surface area contributed by atoms with Gasteiger partial charge in [0.1, 0.15) is 18.5 Å². The van der Waals surface area contributed by atoms with E-state index in [0.29, 0.717) is 32.8 Å². The van der Waals surface area contributed by atoms with Crippen LogP contribution in [0.25, 0.3) is 0 Å². The molecule has 2 aliphatic rings. The number of amides is 1. The molecule has 0 spiro atoms. The number of aryl methyl sites for hydroxylation is 3. The fourth-order valence-electron chi connectivity index (χ4n) is 4.16. The first-order chi connectivity index (χ1) is 14.5. The lowest BCUT2D eigenvalue weighted by Crippen LogP contribution is -2.43. The highest BCUT2D eigenvalue weighted by molar-refractivity contribution is 5.76. The van der Waals surface area contributed by atoms with Crippen molar-refractivity contribution >= 4 is 5.91 Å². The first-order valence-corrected chi connectivity index (χ1v) is 11.0. The topological polar surface area (TPSA) is 82.4 Å². The van der Waals surface area contributed by atoms with Crippen LogP contribution >= 0.6 is 0 Å². The third-order valence-corrected chi connectivity index (χ3v) is 5.86. The van der Waals surface area contributed by atoms with Gasteiger partial charge in [-0.2, -0.15) is 10.1 Å². The number of rotatable bonds is 5. The average Bonchev–Trinajstić information content (AvgIpc) is 2.92. The van der Waals surface area contributed by atoms with E-state index in [4.69, 9.17) is 14.5 Å². The van der Waals surface area contributed by atoms with Crippen LogP contribution in [-0.2, 0) is 35.3 Å². The predicted octanol–water partition coefficient (Wildman–Crippen LogP) is 2.04. The van der Waals surface area contributed by atoms with Crippen molar-refractivity contribution in [2.24, 2.45) is 0 Å². The third-order valence-electron chi connectivity index (χ3n) is 5.86. The Hall–Kier alpha value is -2.48. The van der Waals surface area contributed by atoms with Crippen molar-refractivity contribution in [1.82, 2.24) is 24.6 Å². The molecule has 0 atom stereocenters. The Labute approximate surface area is 177 Å². The molecule has 162 valence electrons. The molecular formula is C22H31N5O3. The van der Waals surface area contributed by atoms with Crippen LogP contribution in [-0.4, -0.2) is 63.0 Å². The molecule has 1 fully saturated rings. The van der Waals surface area contributed by atoms with Gasteiger partial charge in [0.2, 0.25) is 11.8 Å². The van der Waals surface area contributed by atoms with Gasteiger partial charge in [0, 0.05) is 56.5 Å². The van der Waals surface area contributed by atoms with E-state index in [9.17, 15) is 4.79 Å². The molecule has 0 aliphatic carbocycles. The van der Waals surface area contributed by atoms with E-state index in [0.717, 1.165) is 66.5 Å². The maximum atomic E-state index is 12.7. The molecule has 0 radical (unpaired) electrons. The molecule has 8 heteroatoms.